The lowest BCUT2D eigenvalue weighted by Crippen LogP contribution is -2.39. The van der Waals surface area contributed by atoms with Crippen LogP contribution in [0.1, 0.15) is 23.7 Å². The molecule has 0 aromatic heterocycles. The molecule has 102 valence electrons. The fourth-order valence-electron chi connectivity index (χ4n) is 2.20. The molecule has 0 aliphatic carbocycles. The average Bonchev–Trinajstić information content (AvgIpc) is 2.77. The monoisotopic (exact) mass is 265 g/mol. The van der Waals surface area contributed by atoms with Crippen LogP contribution in [-0.4, -0.2) is 24.4 Å². The van der Waals surface area contributed by atoms with Gasteiger partial charge in [0.25, 0.3) is 5.91 Å². The van der Waals surface area contributed by atoms with E-state index < -0.39 is 11.7 Å². The van der Waals surface area contributed by atoms with Crippen molar-refractivity contribution >= 4 is 17.5 Å². The van der Waals surface area contributed by atoms with Crippen molar-refractivity contribution in [3.05, 3.63) is 29.6 Å². The summed E-state index contributed by atoms with van der Waals surface area (Å²) in [7, 11) is 0. The lowest BCUT2D eigenvalue weighted by atomic mass is 10.0. The van der Waals surface area contributed by atoms with Gasteiger partial charge in [-0.25, -0.2) is 4.39 Å². The molecule has 0 spiro atoms. The quantitative estimate of drug-likeness (QED) is 0.758. The molecule has 0 bridgehead atoms. The van der Waals surface area contributed by atoms with E-state index in [-0.39, 0.29) is 23.4 Å². The molecule has 1 aliphatic heterocycles. The van der Waals surface area contributed by atoms with Crippen LogP contribution in [0.4, 0.5) is 10.1 Å². The molecule has 5 nitrogen and oxygen atoms in total. The van der Waals surface area contributed by atoms with Gasteiger partial charge < -0.3 is 16.4 Å². The molecule has 1 aliphatic rings. The lowest BCUT2D eigenvalue weighted by Gasteiger charge is -2.15. The fourth-order valence-corrected chi connectivity index (χ4v) is 2.20. The highest BCUT2D eigenvalue weighted by molar-refractivity contribution is 5.98. The molecule has 0 radical (unpaired) electrons. The number of amides is 2. The van der Waals surface area contributed by atoms with Gasteiger partial charge in [0, 0.05) is 5.69 Å². The second-order valence-electron chi connectivity index (χ2n) is 4.75. The minimum Gasteiger partial charge on any atom is -0.366 e. The van der Waals surface area contributed by atoms with Crippen LogP contribution in [-0.2, 0) is 4.79 Å². The zero-order valence-corrected chi connectivity index (χ0v) is 10.6. The van der Waals surface area contributed by atoms with E-state index in [2.05, 4.69) is 10.6 Å². The SMILES string of the molecule is CC1CCNC1C(=O)Nc1ccc(F)c(C(N)=O)c1. The molecule has 1 heterocycles. The summed E-state index contributed by atoms with van der Waals surface area (Å²) in [5, 5.41) is 5.76. The summed E-state index contributed by atoms with van der Waals surface area (Å²) in [6, 6.07) is 3.50. The molecule has 1 fully saturated rings. The first kappa shape index (κ1) is 13.5. The highest BCUT2D eigenvalue weighted by atomic mass is 19.1. The van der Waals surface area contributed by atoms with Crippen LogP contribution in [0, 0.1) is 11.7 Å². The summed E-state index contributed by atoms with van der Waals surface area (Å²) in [4.78, 5) is 23.0. The van der Waals surface area contributed by atoms with Gasteiger partial charge in [-0.05, 0) is 37.1 Å². The van der Waals surface area contributed by atoms with Crippen LogP contribution < -0.4 is 16.4 Å². The third kappa shape index (κ3) is 2.90. The molecule has 2 atom stereocenters. The van der Waals surface area contributed by atoms with Crippen molar-refractivity contribution in [3.8, 4) is 0 Å². The van der Waals surface area contributed by atoms with E-state index in [1.807, 2.05) is 6.92 Å². The largest absolute Gasteiger partial charge is 0.366 e. The van der Waals surface area contributed by atoms with Crippen LogP contribution >= 0.6 is 0 Å². The summed E-state index contributed by atoms with van der Waals surface area (Å²) < 4.78 is 13.3. The molecule has 4 N–H and O–H groups in total. The van der Waals surface area contributed by atoms with Crippen LogP contribution in [0.25, 0.3) is 0 Å². The fraction of sp³-hybridized carbons (Fsp3) is 0.385. The van der Waals surface area contributed by atoms with Crippen LogP contribution in [0.3, 0.4) is 0 Å². The zero-order chi connectivity index (χ0) is 14.0. The highest BCUT2D eigenvalue weighted by Gasteiger charge is 2.29. The number of halogens is 1. The average molecular weight is 265 g/mol. The number of carbonyl (C=O) groups excluding carboxylic acids is 2. The van der Waals surface area contributed by atoms with E-state index in [1.54, 1.807) is 0 Å². The van der Waals surface area contributed by atoms with Gasteiger partial charge in [-0.3, -0.25) is 9.59 Å². The second-order valence-corrected chi connectivity index (χ2v) is 4.75. The van der Waals surface area contributed by atoms with Crippen molar-refractivity contribution in [2.45, 2.75) is 19.4 Å². The lowest BCUT2D eigenvalue weighted by molar-refractivity contribution is -0.118. The number of anilines is 1. The van der Waals surface area contributed by atoms with Gasteiger partial charge >= 0.3 is 0 Å². The Labute approximate surface area is 110 Å². The Balaban J connectivity index is 2.13. The van der Waals surface area contributed by atoms with Gasteiger partial charge in [0.1, 0.15) is 5.82 Å². The van der Waals surface area contributed by atoms with Crippen molar-refractivity contribution in [1.82, 2.24) is 5.32 Å². The molecular weight excluding hydrogens is 249 g/mol. The Kier molecular flexibility index (Phi) is 3.80. The minimum atomic E-state index is -0.860. The first-order chi connectivity index (χ1) is 8.99. The molecule has 2 amide bonds. The van der Waals surface area contributed by atoms with Gasteiger partial charge in [0.2, 0.25) is 5.91 Å². The van der Waals surface area contributed by atoms with Crippen LogP contribution in [0.5, 0.6) is 0 Å². The first-order valence-corrected chi connectivity index (χ1v) is 6.12. The van der Waals surface area contributed by atoms with Gasteiger partial charge in [0.05, 0.1) is 11.6 Å². The number of hydrogen-bond acceptors (Lipinski definition) is 3. The highest BCUT2D eigenvalue weighted by Crippen LogP contribution is 2.18. The number of benzene rings is 1. The summed E-state index contributed by atoms with van der Waals surface area (Å²) in [6.45, 7) is 2.79. The molecule has 2 rings (SSSR count). The number of nitrogens with two attached hydrogens (primary N) is 1. The molecule has 1 aromatic carbocycles. The number of rotatable bonds is 3. The first-order valence-electron chi connectivity index (χ1n) is 6.12. The Morgan fingerprint density at radius 3 is 2.79 bits per heavy atom. The number of primary amides is 1. The summed E-state index contributed by atoms with van der Waals surface area (Å²) in [5.41, 5.74) is 5.19. The van der Waals surface area contributed by atoms with E-state index in [0.717, 1.165) is 19.0 Å². The van der Waals surface area contributed by atoms with Gasteiger partial charge in [-0.1, -0.05) is 6.92 Å². The predicted octanol–water partition coefficient (Wildman–Crippen LogP) is 0.861. The van der Waals surface area contributed by atoms with E-state index >= 15 is 0 Å². The molecule has 19 heavy (non-hydrogen) atoms. The minimum absolute atomic E-state index is 0.188. The van der Waals surface area contributed by atoms with Gasteiger partial charge in [-0.2, -0.15) is 0 Å². The molecule has 1 aromatic rings. The molecule has 6 heteroatoms. The van der Waals surface area contributed by atoms with Crippen molar-refractivity contribution in [2.75, 3.05) is 11.9 Å². The summed E-state index contributed by atoms with van der Waals surface area (Å²) in [6.07, 6.45) is 0.939. The van der Waals surface area contributed by atoms with Crippen molar-refractivity contribution in [2.24, 2.45) is 11.7 Å². The summed E-state index contributed by atoms with van der Waals surface area (Å²) in [5.74, 6) is -1.50. The van der Waals surface area contributed by atoms with E-state index in [9.17, 15) is 14.0 Å². The van der Waals surface area contributed by atoms with Crippen LogP contribution in [0.2, 0.25) is 0 Å². The van der Waals surface area contributed by atoms with Crippen molar-refractivity contribution in [3.63, 3.8) is 0 Å². The van der Waals surface area contributed by atoms with Gasteiger partial charge in [0.15, 0.2) is 0 Å². The zero-order valence-electron chi connectivity index (χ0n) is 10.6. The molecule has 2 unspecified atom stereocenters. The van der Waals surface area contributed by atoms with E-state index in [1.165, 1.54) is 12.1 Å². The third-order valence-corrected chi connectivity index (χ3v) is 3.31. The molecular formula is C13H16FN3O2. The number of nitrogens with one attached hydrogen (secondary N) is 2. The standard InChI is InChI=1S/C13H16FN3O2/c1-7-4-5-16-11(7)13(19)17-8-2-3-10(14)9(6-8)12(15)18/h2-3,6-7,11,16H,4-5H2,1H3,(H2,15,18)(H,17,19). The normalized spacial score (nSPS) is 22.2. The summed E-state index contributed by atoms with van der Waals surface area (Å²) >= 11 is 0. The van der Waals surface area contributed by atoms with Crippen molar-refractivity contribution in [1.29, 1.82) is 0 Å². The molecule has 1 saturated heterocycles. The number of hydrogen-bond donors (Lipinski definition) is 3. The van der Waals surface area contributed by atoms with E-state index in [0.29, 0.717) is 5.69 Å². The van der Waals surface area contributed by atoms with Crippen LogP contribution in [0.15, 0.2) is 18.2 Å². The maximum absolute atomic E-state index is 13.3. The smallest absolute Gasteiger partial charge is 0.251 e. The Morgan fingerprint density at radius 1 is 1.47 bits per heavy atom. The Hall–Kier alpha value is -1.95. The predicted molar refractivity (Wildman–Crippen MR) is 69.1 cm³/mol. The Morgan fingerprint density at radius 2 is 2.21 bits per heavy atom. The molecule has 0 saturated carbocycles. The second kappa shape index (κ2) is 5.36. The maximum Gasteiger partial charge on any atom is 0.251 e. The van der Waals surface area contributed by atoms with Gasteiger partial charge in [-0.15, -0.1) is 0 Å². The maximum atomic E-state index is 13.3. The van der Waals surface area contributed by atoms with Crippen molar-refractivity contribution < 1.29 is 14.0 Å². The third-order valence-electron chi connectivity index (χ3n) is 3.31. The number of carbonyl (C=O) groups is 2. The topological polar surface area (TPSA) is 84.2 Å². The Bertz CT molecular complexity index is 519. The van der Waals surface area contributed by atoms with E-state index in [4.69, 9.17) is 5.73 Å².